The van der Waals surface area contributed by atoms with Crippen LogP contribution in [0.25, 0.3) is 0 Å². The van der Waals surface area contributed by atoms with Crippen LogP contribution in [0.2, 0.25) is 0 Å². The second-order valence-electron chi connectivity index (χ2n) is 7.33. The molecule has 0 N–H and O–H groups in total. The molecule has 0 spiro atoms. The molecule has 2 aromatic heterocycles. The molecular weight excluding hydrogens is 370 g/mol. The smallest absolute Gasteiger partial charge is 0.244 e. The summed E-state index contributed by atoms with van der Waals surface area (Å²) in [7, 11) is 0. The summed E-state index contributed by atoms with van der Waals surface area (Å²) in [5.41, 5.74) is 1.18. The molecule has 28 heavy (non-hydrogen) atoms. The number of ether oxygens (including phenoxy) is 1. The van der Waals surface area contributed by atoms with Crippen molar-refractivity contribution in [2.75, 3.05) is 13.2 Å². The van der Waals surface area contributed by atoms with Crippen LogP contribution in [0.5, 0.6) is 0 Å². The van der Waals surface area contributed by atoms with E-state index in [0.29, 0.717) is 19.6 Å². The Labute approximate surface area is 170 Å². The largest absolute Gasteiger partial charge is 0.376 e. The molecule has 4 rings (SSSR count). The summed E-state index contributed by atoms with van der Waals surface area (Å²) < 4.78 is 11.4. The minimum Gasteiger partial charge on any atom is -0.376 e. The molecule has 0 aliphatic carbocycles. The Morgan fingerprint density at radius 2 is 2.07 bits per heavy atom. The van der Waals surface area contributed by atoms with Gasteiger partial charge in [0.05, 0.1) is 19.3 Å². The van der Waals surface area contributed by atoms with Crippen LogP contribution >= 0.6 is 11.3 Å². The molecule has 148 valence electrons. The topological polar surface area (TPSA) is 51.4 Å². The molecule has 0 bridgehead atoms. The number of likely N-dealkylation sites (tertiary alicyclic amines) is 1. The standard InChI is InChI=1S/C22H27N3O2S/c1-17-10-11-19(28-17)15-25-13-6-5-9-20(25)22-23-21(24-27-22)12-14-26-16-18-7-3-2-4-8-18/h2-4,7-8,10-11,20H,5-6,9,12-16H2,1H3. The Morgan fingerprint density at radius 3 is 2.89 bits per heavy atom. The van der Waals surface area contributed by atoms with Gasteiger partial charge in [-0.3, -0.25) is 4.90 Å². The Hall–Kier alpha value is -2.02. The fourth-order valence-electron chi connectivity index (χ4n) is 3.66. The van der Waals surface area contributed by atoms with E-state index in [1.807, 2.05) is 29.5 Å². The van der Waals surface area contributed by atoms with E-state index in [-0.39, 0.29) is 6.04 Å². The lowest BCUT2D eigenvalue weighted by Crippen LogP contribution is -2.32. The van der Waals surface area contributed by atoms with Gasteiger partial charge in [0.25, 0.3) is 0 Å². The Balaban J connectivity index is 1.31. The van der Waals surface area contributed by atoms with Gasteiger partial charge < -0.3 is 9.26 Å². The Bertz CT molecular complexity index is 862. The van der Waals surface area contributed by atoms with Crippen molar-refractivity contribution in [3.63, 3.8) is 0 Å². The predicted octanol–water partition coefficient (Wildman–Crippen LogP) is 4.93. The van der Waals surface area contributed by atoms with Gasteiger partial charge in [-0.05, 0) is 44.0 Å². The summed E-state index contributed by atoms with van der Waals surface area (Å²) >= 11 is 1.87. The zero-order valence-electron chi connectivity index (χ0n) is 16.3. The minimum absolute atomic E-state index is 0.225. The molecular formula is C22H27N3O2S. The third-order valence-electron chi connectivity index (χ3n) is 5.12. The van der Waals surface area contributed by atoms with E-state index in [4.69, 9.17) is 9.26 Å². The molecule has 1 fully saturated rings. The third-order valence-corrected chi connectivity index (χ3v) is 6.10. The first-order valence-corrected chi connectivity index (χ1v) is 10.8. The van der Waals surface area contributed by atoms with Crippen molar-refractivity contribution in [2.45, 2.75) is 51.8 Å². The molecule has 0 saturated carbocycles. The highest BCUT2D eigenvalue weighted by Gasteiger charge is 2.29. The van der Waals surface area contributed by atoms with Crippen molar-refractivity contribution in [1.29, 1.82) is 0 Å². The van der Waals surface area contributed by atoms with Gasteiger partial charge in [0.2, 0.25) is 5.89 Å². The molecule has 1 aliphatic heterocycles. The first kappa shape index (κ1) is 19.3. The maximum absolute atomic E-state index is 5.75. The molecule has 0 radical (unpaired) electrons. The SMILES string of the molecule is Cc1ccc(CN2CCCCC2c2nc(CCOCc3ccccc3)no2)s1. The number of hydrogen-bond donors (Lipinski definition) is 0. The van der Waals surface area contributed by atoms with Crippen molar-refractivity contribution >= 4 is 11.3 Å². The van der Waals surface area contributed by atoms with Gasteiger partial charge in [0.1, 0.15) is 0 Å². The highest BCUT2D eigenvalue weighted by Crippen LogP contribution is 2.32. The van der Waals surface area contributed by atoms with Crippen LogP contribution < -0.4 is 0 Å². The average Bonchev–Trinajstić information content (AvgIpc) is 3.36. The lowest BCUT2D eigenvalue weighted by Gasteiger charge is -2.32. The van der Waals surface area contributed by atoms with Crippen LogP contribution in [0.15, 0.2) is 47.0 Å². The third kappa shape index (κ3) is 5.07. The van der Waals surface area contributed by atoms with Gasteiger partial charge in [-0.1, -0.05) is 41.9 Å². The van der Waals surface area contributed by atoms with Crippen LogP contribution in [-0.4, -0.2) is 28.2 Å². The predicted molar refractivity (Wildman–Crippen MR) is 110 cm³/mol. The van der Waals surface area contributed by atoms with Crippen molar-refractivity contribution in [3.8, 4) is 0 Å². The Morgan fingerprint density at radius 1 is 1.18 bits per heavy atom. The van der Waals surface area contributed by atoms with Gasteiger partial charge in [-0.15, -0.1) is 11.3 Å². The van der Waals surface area contributed by atoms with Gasteiger partial charge in [-0.25, -0.2) is 0 Å². The number of piperidine rings is 1. The van der Waals surface area contributed by atoms with E-state index in [2.05, 4.69) is 46.2 Å². The monoisotopic (exact) mass is 397 g/mol. The molecule has 1 aromatic carbocycles. The average molecular weight is 398 g/mol. The molecule has 1 atom stereocenters. The lowest BCUT2D eigenvalue weighted by atomic mass is 10.0. The summed E-state index contributed by atoms with van der Waals surface area (Å²) in [6.07, 6.45) is 4.20. The van der Waals surface area contributed by atoms with Crippen LogP contribution in [-0.2, 0) is 24.3 Å². The second kappa shape index (κ2) is 9.45. The molecule has 0 amide bonds. The maximum atomic E-state index is 5.75. The molecule has 1 saturated heterocycles. The Kier molecular flexibility index (Phi) is 6.52. The quantitative estimate of drug-likeness (QED) is 0.505. The van der Waals surface area contributed by atoms with Crippen molar-refractivity contribution in [2.24, 2.45) is 0 Å². The first-order chi connectivity index (χ1) is 13.8. The van der Waals surface area contributed by atoms with E-state index >= 15 is 0 Å². The molecule has 3 aromatic rings. The summed E-state index contributed by atoms with van der Waals surface area (Å²) in [6, 6.07) is 14.8. The van der Waals surface area contributed by atoms with E-state index in [9.17, 15) is 0 Å². The zero-order chi connectivity index (χ0) is 19.2. The van der Waals surface area contributed by atoms with Crippen LogP contribution in [0, 0.1) is 6.92 Å². The van der Waals surface area contributed by atoms with Gasteiger partial charge in [-0.2, -0.15) is 4.98 Å². The zero-order valence-corrected chi connectivity index (χ0v) is 17.2. The molecule has 1 unspecified atom stereocenters. The fourth-order valence-corrected chi connectivity index (χ4v) is 4.58. The van der Waals surface area contributed by atoms with E-state index < -0.39 is 0 Å². The van der Waals surface area contributed by atoms with Gasteiger partial charge >= 0.3 is 0 Å². The number of aryl methyl sites for hydroxylation is 1. The van der Waals surface area contributed by atoms with E-state index in [1.54, 1.807) is 0 Å². The number of benzene rings is 1. The van der Waals surface area contributed by atoms with Crippen molar-refractivity contribution in [1.82, 2.24) is 15.0 Å². The summed E-state index contributed by atoms with van der Waals surface area (Å²) in [5.74, 6) is 1.49. The maximum Gasteiger partial charge on any atom is 0.244 e. The number of aromatic nitrogens is 2. The van der Waals surface area contributed by atoms with Crippen LogP contribution in [0.1, 0.15) is 52.3 Å². The van der Waals surface area contributed by atoms with Crippen molar-refractivity contribution in [3.05, 3.63) is 69.5 Å². The fraction of sp³-hybridized carbons (Fsp3) is 0.455. The second-order valence-corrected chi connectivity index (χ2v) is 8.70. The number of thiophene rings is 1. The molecule has 6 heteroatoms. The number of nitrogens with zero attached hydrogens (tertiary/aromatic N) is 3. The normalized spacial score (nSPS) is 17.8. The minimum atomic E-state index is 0.225. The highest BCUT2D eigenvalue weighted by molar-refractivity contribution is 7.11. The molecule has 3 heterocycles. The highest BCUT2D eigenvalue weighted by atomic mass is 32.1. The number of rotatable bonds is 8. The van der Waals surface area contributed by atoms with Gasteiger partial charge in [0, 0.05) is 22.7 Å². The summed E-state index contributed by atoms with van der Waals surface area (Å²) in [6.45, 7) is 5.41. The van der Waals surface area contributed by atoms with Gasteiger partial charge in [0.15, 0.2) is 5.82 Å². The molecule has 5 nitrogen and oxygen atoms in total. The summed E-state index contributed by atoms with van der Waals surface area (Å²) in [4.78, 5) is 9.93. The van der Waals surface area contributed by atoms with Crippen LogP contribution in [0.3, 0.4) is 0 Å². The number of hydrogen-bond acceptors (Lipinski definition) is 6. The van der Waals surface area contributed by atoms with E-state index in [1.165, 1.54) is 28.2 Å². The van der Waals surface area contributed by atoms with E-state index in [0.717, 1.165) is 31.2 Å². The summed E-state index contributed by atoms with van der Waals surface area (Å²) in [5, 5.41) is 4.19. The van der Waals surface area contributed by atoms with Crippen LogP contribution in [0.4, 0.5) is 0 Å². The lowest BCUT2D eigenvalue weighted by molar-refractivity contribution is 0.112. The first-order valence-electron chi connectivity index (χ1n) is 10.0. The van der Waals surface area contributed by atoms with Crippen molar-refractivity contribution < 1.29 is 9.26 Å². The molecule has 1 aliphatic rings.